The molecule has 2 aromatic carbocycles. The van der Waals surface area contributed by atoms with Gasteiger partial charge in [0, 0.05) is 35.8 Å². The number of benzene rings is 2. The molecular weight excluding hydrogens is 404 g/mol. The molecule has 4 rings (SSSR count). The molecule has 2 heterocycles. The fourth-order valence-corrected chi connectivity index (χ4v) is 3.88. The summed E-state index contributed by atoms with van der Waals surface area (Å²) in [6.07, 6.45) is 3.51. The van der Waals surface area contributed by atoms with E-state index in [4.69, 9.17) is 0 Å². The fourth-order valence-electron chi connectivity index (χ4n) is 3.88. The molecule has 0 saturated carbocycles. The lowest BCUT2D eigenvalue weighted by atomic mass is 10.1. The summed E-state index contributed by atoms with van der Waals surface area (Å²) in [6.45, 7) is 5.39. The molecule has 0 spiro atoms. The van der Waals surface area contributed by atoms with E-state index in [9.17, 15) is 14.4 Å². The number of para-hydroxylation sites is 1. The van der Waals surface area contributed by atoms with Crippen LogP contribution >= 0.6 is 0 Å². The number of amides is 3. The highest BCUT2D eigenvalue weighted by Gasteiger charge is 2.27. The fraction of sp³-hybridized carbons (Fsp3) is 0.320. The molecule has 1 aliphatic heterocycles. The maximum absolute atomic E-state index is 12.5. The van der Waals surface area contributed by atoms with E-state index in [-0.39, 0.29) is 30.6 Å². The Morgan fingerprint density at radius 2 is 1.94 bits per heavy atom. The highest BCUT2D eigenvalue weighted by molar-refractivity contribution is 6.10. The van der Waals surface area contributed by atoms with Gasteiger partial charge >= 0.3 is 0 Å². The summed E-state index contributed by atoms with van der Waals surface area (Å²) in [5.74, 6) is -0.204. The minimum atomic E-state index is -0.766. The summed E-state index contributed by atoms with van der Waals surface area (Å²) in [5, 5.41) is 9.45. The average molecular weight is 433 g/mol. The SMILES string of the molecule is CC(C)CCn1ccc2cc(NC(=O)CC[C@@H]3NC(=O)c4ccccc4NC3=O)ccc21. The zero-order chi connectivity index (χ0) is 22.7. The van der Waals surface area contributed by atoms with Crippen molar-refractivity contribution in [1.82, 2.24) is 9.88 Å². The predicted octanol–water partition coefficient (Wildman–Crippen LogP) is 4.16. The van der Waals surface area contributed by atoms with Crippen molar-refractivity contribution in [1.29, 1.82) is 0 Å². The van der Waals surface area contributed by atoms with Crippen LogP contribution < -0.4 is 16.0 Å². The van der Waals surface area contributed by atoms with Crippen LogP contribution in [-0.2, 0) is 16.1 Å². The molecular formula is C25H28N4O3. The zero-order valence-corrected chi connectivity index (χ0v) is 18.4. The monoisotopic (exact) mass is 432 g/mol. The number of nitrogens with zero attached hydrogens (tertiary/aromatic N) is 1. The Hall–Kier alpha value is -3.61. The summed E-state index contributed by atoms with van der Waals surface area (Å²) < 4.78 is 2.23. The van der Waals surface area contributed by atoms with E-state index in [0.29, 0.717) is 22.9 Å². The number of fused-ring (bicyclic) bond motifs is 2. The Balaban J connectivity index is 1.35. The molecule has 1 aliphatic rings. The molecule has 7 nitrogen and oxygen atoms in total. The number of anilines is 2. The predicted molar refractivity (Wildman–Crippen MR) is 126 cm³/mol. The van der Waals surface area contributed by atoms with Crippen LogP contribution in [0, 0.1) is 5.92 Å². The van der Waals surface area contributed by atoms with E-state index in [1.54, 1.807) is 24.3 Å². The van der Waals surface area contributed by atoms with Gasteiger partial charge in [-0.15, -0.1) is 0 Å². The van der Waals surface area contributed by atoms with Gasteiger partial charge in [0.15, 0.2) is 0 Å². The summed E-state index contributed by atoms with van der Waals surface area (Å²) in [7, 11) is 0. The Morgan fingerprint density at radius 1 is 1.12 bits per heavy atom. The third-order valence-electron chi connectivity index (χ3n) is 5.71. The molecule has 3 aromatic rings. The number of hydrogen-bond donors (Lipinski definition) is 3. The highest BCUT2D eigenvalue weighted by Crippen LogP contribution is 2.22. The van der Waals surface area contributed by atoms with Crippen molar-refractivity contribution in [3.05, 3.63) is 60.3 Å². The average Bonchev–Trinajstić information content (AvgIpc) is 3.12. The third-order valence-corrected chi connectivity index (χ3v) is 5.71. The van der Waals surface area contributed by atoms with Gasteiger partial charge in [0.2, 0.25) is 11.8 Å². The smallest absolute Gasteiger partial charge is 0.254 e. The molecule has 166 valence electrons. The lowest BCUT2D eigenvalue weighted by molar-refractivity contribution is -0.118. The topological polar surface area (TPSA) is 92.2 Å². The Bertz CT molecular complexity index is 1160. The van der Waals surface area contributed by atoms with E-state index < -0.39 is 6.04 Å². The largest absolute Gasteiger partial charge is 0.347 e. The number of carbonyl (C=O) groups excluding carboxylic acids is 3. The van der Waals surface area contributed by atoms with Crippen LogP contribution in [0.2, 0.25) is 0 Å². The summed E-state index contributed by atoms with van der Waals surface area (Å²) in [6, 6.07) is 14.0. The van der Waals surface area contributed by atoms with Crippen molar-refractivity contribution in [2.45, 2.75) is 45.7 Å². The molecule has 7 heteroatoms. The number of carbonyl (C=O) groups is 3. The minimum Gasteiger partial charge on any atom is -0.347 e. The van der Waals surface area contributed by atoms with Gasteiger partial charge in [-0.25, -0.2) is 0 Å². The van der Waals surface area contributed by atoms with Crippen LogP contribution in [0.4, 0.5) is 11.4 Å². The molecule has 0 aliphatic carbocycles. The van der Waals surface area contributed by atoms with Gasteiger partial charge < -0.3 is 20.5 Å². The van der Waals surface area contributed by atoms with E-state index in [1.165, 1.54) is 0 Å². The zero-order valence-electron chi connectivity index (χ0n) is 18.4. The molecule has 32 heavy (non-hydrogen) atoms. The Morgan fingerprint density at radius 3 is 2.75 bits per heavy atom. The van der Waals surface area contributed by atoms with Gasteiger partial charge in [0.05, 0.1) is 11.3 Å². The summed E-state index contributed by atoms with van der Waals surface area (Å²) >= 11 is 0. The summed E-state index contributed by atoms with van der Waals surface area (Å²) in [4.78, 5) is 37.4. The Kier molecular flexibility index (Phi) is 6.25. The number of rotatable bonds is 7. The van der Waals surface area contributed by atoms with Crippen molar-refractivity contribution >= 4 is 40.0 Å². The van der Waals surface area contributed by atoms with Crippen molar-refractivity contribution in [3.8, 4) is 0 Å². The number of hydrogen-bond acceptors (Lipinski definition) is 3. The van der Waals surface area contributed by atoms with E-state index >= 15 is 0 Å². The van der Waals surface area contributed by atoms with Crippen LogP contribution in [-0.4, -0.2) is 28.3 Å². The minimum absolute atomic E-state index is 0.113. The second-order valence-electron chi connectivity index (χ2n) is 8.61. The number of aryl methyl sites for hydroxylation is 1. The first kappa shape index (κ1) is 21.6. The Labute approximate surface area is 187 Å². The van der Waals surface area contributed by atoms with Gasteiger partial charge in [-0.2, -0.15) is 0 Å². The molecule has 0 saturated heterocycles. The van der Waals surface area contributed by atoms with Crippen LogP contribution in [0.1, 0.15) is 43.5 Å². The molecule has 1 aromatic heterocycles. The molecule has 0 radical (unpaired) electrons. The lowest BCUT2D eigenvalue weighted by Crippen LogP contribution is -2.41. The second-order valence-corrected chi connectivity index (χ2v) is 8.61. The molecule has 0 bridgehead atoms. The molecule has 1 atom stereocenters. The quantitative estimate of drug-likeness (QED) is 0.524. The van der Waals surface area contributed by atoms with E-state index in [2.05, 4.69) is 40.6 Å². The number of nitrogens with one attached hydrogen (secondary N) is 3. The normalized spacial score (nSPS) is 15.8. The second kappa shape index (κ2) is 9.26. The van der Waals surface area contributed by atoms with E-state index in [1.807, 2.05) is 24.3 Å². The van der Waals surface area contributed by atoms with Gasteiger partial charge in [0.1, 0.15) is 6.04 Å². The van der Waals surface area contributed by atoms with Crippen LogP contribution in [0.3, 0.4) is 0 Å². The summed E-state index contributed by atoms with van der Waals surface area (Å²) in [5.41, 5.74) is 2.75. The maximum Gasteiger partial charge on any atom is 0.254 e. The maximum atomic E-state index is 12.5. The van der Waals surface area contributed by atoms with Gasteiger partial charge in [-0.1, -0.05) is 26.0 Å². The van der Waals surface area contributed by atoms with Crippen LogP contribution in [0.5, 0.6) is 0 Å². The third kappa shape index (κ3) is 4.82. The number of aromatic nitrogens is 1. The van der Waals surface area contributed by atoms with Gasteiger partial charge in [0.25, 0.3) is 5.91 Å². The molecule has 3 amide bonds. The first-order chi connectivity index (χ1) is 15.4. The van der Waals surface area contributed by atoms with Crippen molar-refractivity contribution in [2.24, 2.45) is 5.92 Å². The van der Waals surface area contributed by atoms with Crippen LogP contribution in [0.15, 0.2) is 54.7 Å². The van der Waals surface area contributed by atoms with Gasteiger partial charge in [-0.3, -0.25) is 14.4 Å². The van der Waals surface area contributed by atoms with Crippen molar-refractivity contribution in [3.63, 3.8) is 0 Å². The molecule has 0 unspecified atom stereocenters. The molecule has 3 N–H and O–H groups in total. The van der Waals surface area contributed by atoms with Crippen molar-refractivity contribution in [2.75, 3.05) is 10.6 Å². The van der Waals surface area contributed by atoms with Crippen LogP contribution in [0.25, 0.3) is 10.9 Å². The first-order valence-electron chi connectivity index (χ1n) is 11.0. The first-order valence-corrected chi connectivity index (χ1v) is 11.0. The molecule has 0 fully saturated rings. The highest BCUT2D eigenvalue weighted by atomic mass is 16.2. The standard InChI is InChI=1S/C25H28N4O3/c1-16(2)11-13-29-14-12-17-15-18(7-9-22(17)29)26-23(30)10-8-21-25(32)27-20-6-4-3-5-19(20)24(31)28-21/h3-7,9,12,14-16,21H,8,10-11,13H2,1-2H3,(H,26,30)(H,27,32)(H,28,31)/t21-/m0/s1. The van der Waals surface area contributed by atoms with E-state index in [0.717, 1.165) is 23.9 Å². The lowest BCUT2D eigenvalue weighted by Gasteiger charge is -2.14. The van der Waals surface area contributed by atoms with Gasteiger partial charge in [-0.05, 0) is 55.2 Å². The van der Waals surface area contributed by atoms with Crippen molar-refractivity contribution < 1.29 is 14.4 Å².